The maximum Gasteiger partial charge on any atom is 0.416 e. The smallest absolute Gasteiger partial charge is 0.416 e. The minimum Gasteiger partial charge on any atom is -0.419 e. The van der Waals surface area contributed by atoms with Crippen molar-refractivity contribution in [2.24, 2.45) is 5.73 Å². The molecule has 4 atom stereocenters. The molecule has 2 saturated heterocycles. The molecule has 0 bridgehead atoms. The Bertz CT molecular complexity index is 3240. The first-order valence-corrected chi connectivity index (χ1v) is 25.9. The molecule has 0 spiro atoms. The summed E-state index contributed by atoms with van der Waals surface area (Å²) in [7, 11) is 0. The van der Waals surface area contributed by atoms with Gasteiger partial charge in [0.05, 0.1) is 28.7 Å². The van der Waals surface area contributed by atoms with Crippen molar-refractivity contribution in [1.29, 1.82) is 0 Å². The van der Waals surface area contributed by atoms with Gasteiger partial charge in [0.25, 0.3) is 11.8 Å². The van der Waals surface area contributed by atoms with Crippen molar-refractivity contribution in [1.82, 2.24) is 35.5 Å². The highest BCUT2D eigenvalue weighted by molar-refractivity contribution is 6.31. The zero-order valence-electron chi connectivity index (χ0n) is 41.8. The van der Waals surface area contributed by atoms with E-state index in [4.69, 9.17) is 37.8 Å². The van der Waals surface area contributed by atoms with E-state index in [-0.39, 0.29) is 65.2 Å². The summed E-state index contributed by atoms with van der Waals surface area (Å²) in [5, 5.41) is 21.5. The molecule has 2 aromatic heterocycles. The Balaban J connectivity index is 0.983. The van der Waals surface area contributed by atoms with Gasteiger partial charge in [0.15, 0.2) is 0 Å². The van der Waals surface area contributed by atoms with E-state index in [1.54, 1.807) is 55.5 Å². The lowest BCUT2D eigenvalue weighted by Crippen LogP contribution is -2.54. The Morgan fingerprint density at radius 1 is 0.590 bits per heavy atom. The lowest BCUT2D eigenvalue weighted by atomic mass is 9.87. The number of halogens is 8. The summed E-state index contributed by atoms with van der Waals surface area (Å²) in [6.45, 7) is 2.17. The highest BCUT2D eigenvalue weighted by atomic mass is 35.5. The minimum atomic E-state index is -4.87. The largest absolute Gasteiger partial charge is 0.419 e. The maximum atomic E-state index is 14.7. The van der Waals surface area contributed by atoms with Gasteiger partial charge >= 0.3 is 12.4 Å². The number of nitrogens with zero attached hydrogens (tertiary/aromatic N) is 6. The zero-order chi connectivity index (χ0) is 55.0. The SMILES string of the molecule is C[C@](Cc1ccccc1)(NCC(N)(Cc1ccccc1)c1nnc(-c2cc(C(=O)N3CCCC3c3cccc(Cl)c3)cc(C(F)(F)F)c2)o1)c1nnc(-c2cc(C(=O)N3CCCC3c3cccc(Cl)c3)cc(C(F)(F)F)c2)o1. The number of carbonyl (C=O) groups excluding carboxylic acids is 2. The summed E-state index contributed by atoms with van der Waals surface area (Å²) >= 11 is 12.6. The number of hydrogen-bond acceptors (Lipinski definition) is 10. The molecule has 0 aliphatic carbocycles. The average Bonchev–Trinajstić information content (AvgIpc) is 4.45. The van der Waals surface area contributed by atoms with Gasteiger partial charge in [-0.2, -0.15) is 26.3 Å². The summed E-state index contributed by atoms with van der Waals surface area (Å²) in [4.78, 5) is 31.5. The van der Waals surface area contributed by atoms with Crippen molar-refractivity contribution in [2.75, 3.05) is 19.6 Å². The molecule has 4 heterocycles. The van der Waals surface area contributed by atoms with Crippen LogP contribution >= 0.6 is 23.2 Å². The molecule has 0 saturated carbocycles. The first kappa shape index (κ1) is 54.0. The van der Waals surface area contributed by atoms with E-state index < -0.39 is 58.5 Å². The Hall–Kier alpha value is -7.38. The van der Waals surface area contributed by atoms with Crippen LogP contribution in [-0.2, 0) is 36.3 Å². The van der Waals surface area contributed by atoms with E-state index in [2.05, 4.69) is 25.7 Å². The number of nitrogens with one attached hydrogen (secondary N) is 1. The van der Waals surface area contributed by atoms with Crippen LogP contribution in [0.1, 0.15) is 111 Å². The fourth-order valence-corrected chi connectivity index (χ4v) is 10.8. The van der Waals surface area contributed by atoms with Gasteiger partial charge in [-0.15, -0.1) is 20.4 Å². The van der Waals surface area contributed by atoms with Crippen LogP contribution in [0.15, 0.2) is 154 Å². The zero-order valence-corrected chi connectivity index (χ0v) is 43.3. The molecular formula is C58H50Cl2F6N8O4. The Morgan fingerprint density at radius 3 is 1.50 bits per heavy atom. The molecule has 2 amide bonds. The molecule has 2 aliphatic rings. The second-order valence-electron chi connectivity index (χ2n) is 20.0. The van der Waals surface area contributed by atoms with Crippen LogP contribution in [0.3, 0.4) is 0 Å². The Morgan fingerprint density at radius 2 is 1.04 bits per heavy atom. The number of aromatic nitrogens is 4. The summed E-state index contributed by atoms with van der Waals surface area (Å²) in [6.07, 6.45) is -7.10. The molecule has 6 aromatic carbocycles. The van der Waals surface area contributed by atoms with Crippen molar-refractivity contribution in [3.8, 4) is 22.9 Å². The number of hydrogen-bond donors (Lipinski definition) is 2. The molecule has 3 unspecified atom stereocenters. The number of carbonyl (C=O) groups is 2. The molecule has 8 aromatic rings. The average molecular weight is 1110 g/mol. The van der Waals surface area contributed by atoms with Crippen LogP contribution in [0, 0.1) is 0 Å². The predicted molar refractivity (Wildman–Crippen MR) is 280 cm³/mol. The summed E-state index contributed by atoms with van der Waals surface area (Å²) < 4.78 is 101. The van der Waals surface area contributed by atoms with E-state index in [0.29, 0.717) is 48.8 Å². The van der Waals surface area contributed by atoms with E-state index >= 15 is 0 Å². The predicted octanol–water partition coefficient (Wildman–Crippen LogP) is 13.2. The van der Waals surface area contributed by atoms with Crippen molar-refractivity contribution < 1.29 is 44.8 Å². The van der Waals surface area contributed by atoms with Gasteiger partial charge in [-0.25, -0.2) is 0 Å². The summed E-state index contributed by atoms with van der Waals surface area (Å²) in [5.41, 5.74) is 4.41. The lowest BCUT2D eigenvalue weighted by Gasteiger charge is -2.33. The van der Waals surface area contributed by atoms with Crippen LogP contribution in [0.2, 0.25) is 10.0 Å². The van der Waals surface area contributed by atoms with Crippen LogP contribution < -0.4 is 11.1 Å². The highest BCUT2D eigenvalue weighted by Gasteiger charge is 2.42. The third-order valence-electron chi connectivity index (χ3n) is 14.3. The second kappa shape index (κ2) is 21.8. The quantitative estimate of drug-likeness (QED) is 0.0947. The van der Waals surface area contributed by atoms with Gasteiger partial charge in [-0.05, 0) is 122 Å². The highest BCUT2D eigenvalue weighted by Crippen LogP contribution is 2.41. The topological polar surface area (TPSA) is 157 Å². The van der Waals surface area contributed by atoms with E-state index in [9.17, 15) is 35.9 Å². The van der Waals surface area contributed by atoms with Gasteiger partial charge < -0.3 is 29.7 Å². The molecule has 2 fully saturated rings. The second-order valence-corrected chi connectivity index (χ2v) is 20.9. The fraction of sp³-hybridized carbons (Fsp3) is 0.276. The van der Waals surface area contributed by atoms with Crippen molar-refractivity contribution in [3.63, 3.8) is 0 Å². The van der Waals surface area contributed by atoms with Gasteiger partial charge in [0.1, 0.15) is 5.54 Å². The normalized spacial score (nSPS) is 17.5. The number of likely N-dealkylation sites (tertiary alicyclic amines) is 2. The number of rotatable bonds is 15. The van der Waals surface area contributed by atoms with Crippen molar-refractivity contribution in [3.05, 3.63) is 212 Å². The Kier molecular flexibility index (Phi) is 15.1. The number of benzene rings is 6. The van der Waals surface area contributed by atoms with Crippen molar-refractivity contribution in [2.45, 2.75) is 81.0 Å². The van der Waals surface area contributed by atoms with Gasteiger partial charge in [0.2, 0.25) is 23.6 Å². The molecule has 10 rings (SSSR count). The van der Waals surface area contributed by atoms with Gasteiger partial charge in [-0.1, -0.05) is 108 Å². The van der Waals surface area contributed by atoms with Gasteiger partial charge in [-0.3, -0.25) is 9.59 Å². The van der Waals surface area contributed by atoms with Crippen molar-refractivity contribution >= 4 is 35.0 Å². The first-order chi connectivity index (χ1) is 37.2. The van der Waals surface area contributed by atoms with E-state index in [1.807, 2.05) is 60.7 Å². The number of amides is 2. The molecule has 0 radical (unpaired) electrons. The number of alkyl halides is 6. The monoisotopic (exact) mass is 1110 g/mol. The van der Waals surface area contributed by atoms with Crippen LogP contribution in [-0.4, -0.2) is 61.6 Å². The van der Waals surface area contributed by atoms with Crippen LogP contribution in [0.5, 0.6) is 0 Å². The summed E-state index contributed by atoms with van der Waals surface area (Å²) in [6, 6.07) is 37.3. The molecule has 20 heteroatoms. The fourth-order valence-electron chi connectivity index (χ4n) is 10.4. The third-order valence-corrected chi connectivity index (χ3v) is 14.8. The molecular weight excluding hydrogens is 1060 g/mol. The molecule has 2 aliphatic heterocycles. The standard InChI is InChI=1S/C58H50Cl2F6N8O4/c1-55(32-35-12-4-2-5-13-35,53-71-69-49(77-53)39-24-41(28-43(26-39)57(61,62)63)51(75)73-22-10-20-47(73)37-16-8-18-45(59)30-37)68-34-56(67,33-36-14-6-3-7-15-36)54-72-70-50(78-54)40-25-42(29-44(27-40)58(64,65)66)52(76)74-23-11-21-48(74)38-17-9-19-46(60)31-38/h2-9,12-19,24-31,47-48,68H,10-11,20-23,32-34,67H2,1H3/t47?,48?,55-,56?/m1/s1. The van der Waals surface area contributed by atoms with Crippen LogP contribution in [0.4, 0.5) is 26.3 Å². The third kappa shape index (κ3) is 11.7. The molecule has 402 valence electrons. The van der Waals surface area contributed by atoms with E-state index in [1.165, 1.54) is 21.9 Å². The van der Waals surface area contributed by atoms with Crippen LogP contribution in [0.25, 0.3) is 22.9 Å². The lowest BCUT2D eigenvalue weighted by molar-refractivity contribution is -0.138. The minimum absolute atomic E-state index is 0.0430. The first-order valence-electron chi connectivity index (χ1n) is 25.1. The molecule has 3 N–H and O–H groups in total. The molecule has 78 heavy (non-hydrogen) atoms. The molecule has 12 nitrogen and oxygen atoms in total. The number of nitrogens with two attached hydrogens (primary N) is 1. The Labute approximate surface area is 454 Å². The van der Waals surface area contributed by atoms with E-state index in [0.717, 1.165) is 46.5 Å². The maximum absolute atomic E-state index is 14.7. The van der Waals surface area contributed by atoms with Gasteiger partial charge in [0, 0.05) is 58.4 Å². The summed E-state index contributed by atoms with van der Waals surface area (Å²) in [5.74, 6) is -2.11.